The number of ether oxygens (including phenoxy) is 1. The van der Waals surface area contributed by atoms with E-state index in [2.05, 4.69) is 16.0 Å². The molecule has 0 fully saturated rings. The first-order chi connectivity index (χ1) is 14.9. The molecule has 3 aromatic rings. The minimum absolute atomic E-state index is 0.181. The summed E-state index contributed by atoms with van der Waals surface area (Å²) in [4.78, 5) is 36.2. The fourth-order valence-corrected chi connectivity index (χ4v) is 2.81. The number of anilines is 4. The average molecular weight is 417 g/mol. The molecule has 0 spiro atoms. The molecule has 158 valence electrons. The lowest BCUT2D eigenvalue weighted by Crippen LogP contribution is -2.30. The Bertz CT molecular complexity index is 1070. The fourth-order valence-electron chi connectivity index (χ4n) is 2.81. The number of carbonyl (C=O) groups excluding carboxylic acids is 3. The quantitative estimate of drug-likeness (QED) is 0.489. The molecule has 31 heavy (non-hydrogen) atoms. The summed E-state index contributed by atoms with van der Waals surface area (Å²) in [7, 11) is 0. The van der Waals surface area contributed by atoms with Gasteiger partial charge in [-0.2, -0.15) is 0 Å². The second kappa shape index (κ2) is 10.1. The summed E-state index contributed by atoms with van der Waals surface area (Å²) in [5.41, 5.74) is 2.88. The van der Waals surface area contributed by atoms with Gasteiger partial charge in [-0.05, 0) is 55.5 Å². The number of benzene rings is 3. The zero-order valence-electron chi connectivity index (χ0n) is 17.2. The van der Waals surface area contributed by atoms with E-state index in [9.17, 15) is 14.4 Å². The molecule has 0 saturated carbocycles. The van der Waals surface area contributed by atoms with E-state index in [-0.39, 0.29) is 5.91 Å². The highest BCUT2D eigenvalue weighted by Gasteiger charge is 2.21. The first kappa shape index (κ1) is 21.6. The van der Waals surface area contributed by atoms with Gasteiger partial charge >= 0.3 is 5.97 Å². The van der Waals surface area contributed by atoms with Crippen LogP contribution >= 0.6 is 0 Å². The van der Waals surface area contributed by atoms with Crippen molar-refractivity contribution in [3.63, 3.8) is 0 Å². The van der Waals surface area contributed by atoms with Crippen LogP contribution in [0.25, 0.3) is 0 Å². The number of carbonyl (C=O) groups is 3. The number of hydrogen-bond donors (Lipinski definition) is 3. The van der Waals surface area contributed by atoms with Gasteiger partial charge in [0.1, 0.15) is 0 Å². The molecule has 0 aliphatic heterocycles. The largest absolute Gasteiger partial charge is 0.449 e. The number of para-hydroxylation sites is 2. The molecule has 0 unspecified atom stereocenters. The maximum atomic E-state index is 12.7. The van der Waals surface area contributed by atoms with E-state index >= 15 is 0 Å². The summed E-state index contributed by atoms with van der Waals surface area (Å²) >= 11 is 0. The van der Waals surface area contributed by atoms with Gasteiger partial charge in [0.25, 0.3) is 5.91 Å². The molecule has 1 atom stereocenters. The minimum atomic E-state index is -1.01. The van der Waals surface area contributed by atoms with Crippen LogP contribution in [0.3, 0.4) is 0 Å². The number of nitrogens with one attached hydrogen (secondary N) is 3. The van der Waals surface area contributed by atoms with Crippen molar-refractivity contribution in [2.75, 3.05) is 16.0 Å². The minimum Gasteiger partial charge on any atom is -0.449 e. The van der Waals surface area contributed by atoms with Gasteiger partial charge in [0.2, 0.25) is 5.91 Å². The van der Waals surface area contributed by atoms with E-state index in [1.54, 1.807) is 42.5 Å². The predicted octanol–water partition coefficient (Wildman–Crippen LogP) is 4.57. The highest BCUT2D eigenvalue weighted by molar-refractivity contribution is 6.00. The van der Waals surface area contributed by atoms with Crippen LogP contribution in [-0.2, 0) is 14.3 Å². The Balaban J connectivity index is 1.62. The third kappa shape index (κ3) is 6.17. The zero-order valence-corrected chi connectivity index (χ0v) is 17.2. The van der Waals surface area contributed by atoms with Crippen molar-refractivity contribution in [2.24, 2.45) is 0 Å². The van der Waals surface area contributed by atoms with E-state index in [4.69, 9.17) is 4.74 Å². The van der Waals surface area contributed by atoms with Crippen LogP contribution in [0.4, 0.5) is 22.7 Å². The maximum absolute atomic E-state index is 12.7. The molecule has 0 heterocycles. The van der Waals surface area contributed by atoms with Crippen molar-refractivity contribution in [2.45, 2.75) is 20.0 Å². The summed E-state index contributed by atoms with van der Waals surface area (Å²) < 4.78 is 5.38. The lowest BCUT2D eigenvalue weighted by atomic mass is 10.1. The molecule has 0 aliphatic rings. The maximum Gasteiger partial charge on any atom is 0.341 e. The first-order valence-corrected chi connectivity index (χ1v) is 9.73. The van der Waals surface area contributed by atoms with Crippen molar-refractivity contribution >= 4 is 40.5 Å². The lowest BCUT2D eigenvalue weighted by Gasteiger charge is -2.16. The van der Waals surface area contributed by atoms with Gasteiger partial charge in [0, 0.05) is 24.0 Å². The van der Waals surface area contributed by atoms with Gasteiger partial charge in [-0.25, -0.2) is 4.79 Å². The molecule has 7 nitrogen and oxygen atoms in total. The van der Waals surface area contributed by atoms with Crippen LogP contribution in [0.2, 0.25) is 0 Å². The molecule has 0 aromatic heterocycles. The molecule has 3 N–H and O–H groups in total. The molecule has 0 aliphatic carbocycles. The third-order valence-electron chi connectivity index (χ3n) is 4.33. The van der Waals surface area contributed by atoms with Crippen LogP contribution in [0.1, 0.15) is 24.2 Å². The standard InChI is InChI=1S/C24H23N3O4/c1-16(23(29)27-20-14-12-19(13-15-20)25-17(2)28)31-24(30)21-10-6-7-11-22(21)26-18-8-4-3-5-9-18/h3-16,26H,1-2H3,(H,25,28)(H,27,29)/t16-/m0/s1. The monoisotopic (exact) mass is 417 g/mol. The summed E-state index contributed by atoms with van der Waals surface area (Å²) in [6.45, 7) is 2.92. The molecular formula is C24H23N3O4. The Hall–Kier alpha value is -4.13. The molecular weight excluding hydrogens is 394 g/mol. The Morgan fingerprint density at radius 1 is 0.742 bits per heavy atom. The Morgan fingerprint density at radius 3 is 1.97 bits per heavy atom. The smallest absolute Gasteiger partial charge is 0.341 e. The number of rotatable bonds is 7. The third-order valence-corrected chi connectivity index (χ3v) is 4.33. The molecule has 7 heteroatoms. The summed E-state index contributed by atoms with van der Waals surface area (Å²) in [6.07, 6.45) is -1.01. The Kier molecular flexibility index (Phi) is 7.01. The SMILES string of the molecule is CC(=O)Nc1ccc(NC(=O)[C@H](C)OC(=O)c2ccccc2Nc2ccccc2)cc1. The second-order valence-corrected chi connectivity index (χ2v) is 6.83. The summed E-state index contributed by atoms with van der Waals surface area (Å²) in [6, 6.07) is 23.0. The van der Waals surface area contributed by atoms with Gasteiger partial charge in [0.05, 0.1) is 11.3 Å². The number of hydrogen-bond acceptors (Lipinski definition) is 5. The van der Waals surface area contributed by atoms with E-state index in [0.29, 0.717) is 22.6 Å². The van der Waals surface area contributed by atoms with E-state index < -0.39 is 18.0 Å². The Labute approximate surface area is 180 Å². The van der Waals surface area contributed by atoms with E-state index in [0.717, 1.165) is 5.69 Å². The summed E-state index contributed by atoms with van der Waals surface area (Å²) in [5.74, 6) is -1.25. The molecule has 2 amide bonds. The molecule has 0 bridgehead atoms. The van der Waals surface area contributed by atoms with E-state index in [1.165, 1.54) is 13.8 Å². The molecule has 3 aromatic carbocycles. The van der Waals surface area contributed by atoms with Crippen molar-refractivity contribution < 1.29 is 19.1 Å². The van der Waals surface area contributed by atoms with Crippen LogP contribution in [0, 0.1) is 0 Å². The fraction of sp³-hybridized carbons (Fsp3) is 0.125. The van der Waals surface area contributed by atoms with Crippen LogP contribution < -0.4 is 16.0 Å². The van der Waals surface area contributed by atoms with Crippen LogP contribution in [0.5, 0.6) is 0 Å². The first-order valence-electron chi connectivity index (χ1n) is 9.73. The average Bonchev–Trinajstić information content (AvgIpc) is 2.75. The molecule has 0 radical (unpaired) electrons. The van der Waals surface area contributed by atoms with Crippen LogP contribution in [0.15, 0.2) is 78.9 Å². The zero-order chi connectivity index (χ0) is 22.2. The van der Waals surface area contributed by atoms with E-state index in [1.807, 2.05) is 36.4 Å². The van der Waals surface area contributed by atoms with Gasteiger partial charge < -0.3 is 20.7 Å². The molecule has 3 rings (SSSR count). The lowest BCUT2D eigenvalue weighted by molar-refractivity contribution is -0.123. The van der Waals surface area contributed by atoms with Crippen molar-refractivity contribution in [3.8, 4) is 0 Å². The highest BCUT2D eigenvalue weighted by atomic mass is 16.5. The predicted molar refractivity (Wildman–Crippen MR) is 120 cm³/mol. The van der Waals surface area contributed by atoms with Gasteiger partial charge in [-0.15, -0.1) is 0 Å². The van der Waals surface area contributed by atoms with Gasteiger partial charge in [-0.3, -0.25) is 9.59 Å². The number of amides is 2. The Morgan fingerprint density at radius 2 is 1.32 bits per heavy atom. The second-order valence-electron chi connectivity index (χ2n) is 6.83. The number of esters is 1. The summed E-state index contributed by atoms with van der Waals surface area (Å²) in [5, 5.41) is 8.52. The van der Waals surface area contributed by atoms with Gasteiger partial charge in [0.15, 0.2) is 6.10 Å². The van der Waals surface area contributed by atoms with Crippen molar-refractivity contribution in [1.82, 2.24) is 0 Å². The van der Waals surface area contributed by atoms with Gasteiger partial charge in [-0.1, -0.05) is 30.3 Å². The molecule has 0 saturated heterocycles. The van der Waals surface area contributed by atoms with Crippen molar-refractivity contribution in [1.29, 1.82) is 0 Å². The normalized spacial score (nSPS) is 11.2. The van der Waals surface area contributed by atoms with Crippen LogP contribution in [-0.4, -0.2) is 23.9 Å². The van der Waals surface area contributed by atoms with Crippen molar-refractivity contribution in [3.05, 3.63) is 84.4 Å². The highest BCUT2D eigenvalue weighted by Crippen LogP contribution is 2.22. The topological polar surface area (TPSA) is 96.5 Å².